The molecule has 0 amide bonds. The van der Waals surface area contributed by atoms with E-state index < -0.39 is 12.0 Å². The van der Waals surface area contributed by atoms with Crippen LogP contribution in [-0.4, -0.2) is 36.6 Å². The van der Waals surface area contributed by atoms with Gasteiger partial charge in [-0.15, -0.1) is 0 Å². The molecule has 2 rings (SSSR count). The fraction of sp³-hybridized carbons (Fsp3) is 0.970. The Morgan fingerprint density at radius 1 is 0.763 bits per heavy atom. The van der Waals surface area contributed by atoms with Gasteiger partial charge < -0.3 is 9.47 Å². The summed E-state index contributed by atoms with van der Waals surface area (Å²) in [6.07, 6.45) is 19.2. The van der Waals surface area contributed by atoms with Crippen molar-refractivity contribution >= 4 is 5.97 Å². The molecule has 0 heterocycles. The molecule has 0 saturated heterocycles. The van der Waals surface area contributed by atoms with Gasteiger partial charge in [-0.2, -0.15) is 0 Å². The molecule has 224 valence electrons. The van der Waals surface area contributed by atoms with E-state index in [2.05, 4.69) is 34.6 Å². The Hall–Kier alpha value is -0.650. The van der Waals surface area contributed by atoms with Crippen molar-refractivity contribution < 1.29 is 24.4 Å². The number of unbranched alkanes of at least 4 members (excludes halogenated alkanes) is 6. The highest BCUT2D eigenvalue weighted by atomic mass is 17.1. The molecule has 38 heavy (non-hydrogen) atoms. The van der Waals surface area contributed by atoms with Gasteiger partial charge in [0.25, 0.3) is 0 Å². The quantitative estimate of drug-likeness (QED) is 0.0768. The second kappa shape index (κ2) is 19.4. The summed E-state index contributed by atoms with van der Waals surface area (Å²) in [6, 6.07) is 0. The second-order valence-electron chi connectivity index (χ2n) is 13.2. The zero-order valence-corrected chi connectivity index (χ0v) is 25.6. The molecule has 2 aliphatic carbocycles. The first kappa shape index (κ1) is 33.6. The van der Waals surface area contributed by atoms with Crippen LogP contribution in [0.25, 0.3) is 0 Å². The summed E-state index contributed by atoms with van der Waals surface area (Å²) in [6.45, 7) is 12.2. The Morgan fingerprint density at radius 2 is 1.32 bits per heavy atom. The van der Waals surface area contributed by atoms with Crippen molar-refractivity contribution in [1.82, 2.24) is 0 Å². The van der Waals surface area contributed by atoms with Crippen molar-refractivity contribution in [1.29, 1.82) is 0 Å². The first-order chi connectivity index (χ1) is 18.3. The Balaban J connectivity index is 1.81. The molecule has 5 nitrogen and oxygen atoms in total. The predicted molar refractivity (Wildman–Crippen MR) is 156 cm³/mol. The van der Waals surface area contributed by atoms with E-state index in [1.807, 2.05) is 0 Å². The largest absolute Gasteiger partial charge is 0.463 e. The molecular weight excluding hydrogens is 476 g/mol. The van der Waals surface area contributed by atoms with Crippen molar-refractivity contribution in [2.45, 2.75) is 156 Å². The molecule has 0 bridgehead atoms. The molecule has 1 N–H and O–H groups in total. The highest BCUT2D eigenvalue weighted by Crippen LogP contribution is 2.37. The third-order valence-electron chi connectivity index (χ3n) is 9.75. The van der Waals surface area contributed by atoms with E-state index >= 15 is 0 Å². The monoisotopic (exact) mass is 538 g/mol. The Labute approximate surface area is 235 Å². The SMILES string of the molecule is CCCCCCCCCC(C(=O)OCCOC1CCC(C(C)C)CC1)C(CC1CCC(C(C)C)CC1)OO. The summed E-state index contributed by atoms with van der Waals surface area (Å²) < 4.78 is 11.8. The third-order valence-corrected chi connectivity index (χ3v) is 9.75. The molecule has 0 aromatic heterocycles. The first-order valence-electron chi connectivity index (χ1n) is 16.4. The molecule has 2 saturated carbocycles. The zero-order chi connectivity index (χ0) is 27.8. The van der Waals surface area contributed by atoms with Gasteiger partial charge in [-0.3, -0.25) is 10.1 Å². The summed E-state index contributed by atoms with van der Waals surface area (Å²) in [5, 5.41) is 9.89. The summed E-state index contributed by atoms with van der Waals surface area (Å²) in [4.78, 5) is 18.3. The number of hydrogen-bond donors (Lipinski definition) is 1. The van der Waals surface area contributed by atoms with E-state index in [1.54, 1.807) is 0 Å². The fourth-order valence-electron chi connectivity index (χ4n) is 6.86. The van der Waals surface area contributed by atoms with Crippen LogP contribution in [-0.2, 0) is 19.2 Å². The van der Waals surface area contributed by atoms with Crippen molar-refractivity contribution in [3.05, 3.63) is 0 Å². The maximum Gasteiger partial charge on any atom is 0.311 e. The number of carbonyl (C=O) groups is 1. The minimum Gasteiger partial charge on any atom is -0.463 e. The predicted octanol–water partition coefficient (Wildman–Crippen LogP) is 9.23. The van der Waals surface area contributed by atoms with Gasteiger partial charge in [0, 0.05) is 0 Å². The van der Waals surface area contributed by atoms with Gasteiger partial charge in [-0.1, -0.05) is 92.4 Å². The molecule has 5 heteroatoms. The summed E-state index contributed by atoms with van der Waals surface area (Å²) in [7, 11) is 0. The van der Waals surface area contributed by atoms with Crippen LogP contribution >= 0.6 is 0 Å². The van der Waals surface area contributed by atoms with Gasteiger partial charge in [-0.05, 0) is 81.0 Å². The van der Waals surface area contributed by atoms with Crippen molar-refractivity contribution in [2.75, 3.05) is 13.2 Å². The topological polar surface area (TPSA) is 65.0 Å². The zero-order valence-electron chi connectivity index (χ0n) is 25.6. The Kier molecular flexibility index (Phi) is 17.2. The molecular formula is C33H62O5. The van der Waals surface area contributed by atoms with Crippen LogP contribution in [0, 0.1) is 35.5 Å². The third kappa shape index (κ3) is 12.7. The number of rotatable bonds is 19. The van der Waals surface area contributed by atoms with E-state index in [-0.39, 0.29) is 12.6 Å². The molecule has 2 fully saturated rings. The van der Waals surface area contributed by atoms with E-state index in [1.165, 1.54) is 57.8 Å². The average molecular weight is 539 g/mol. The lowest BCUT2D eigenvalue weighted by Crippen LogP contribution is -2.35. The van der Waals surface area contributed by atoms with E-state index in [4.69, 9.17) is 14.4 Å². The summed E-state index contributed by atoms with van der Waals surface area (Å²) in [5.74, 6) is 2.98. The van der Waals surface area contributed by atoms with Gasteiger partial charge in [0.15, 0.2) is 0 Å². The molecule has 2 unspecified atom stereocenters. The molecule has 0 aromatic rings. The molecule has 0 aliphatic heterocycles. The molecule has 0 spiro atoms. The molecule has 0 aromatic carbocycles. The summed E-state index contributed by atoms with van der Waals surface area (Å²) in [5.41, 5.74) is 0. The van der Waals surface area contributed by atoms with Gasteiger partial charge in [-0.25, -0.2) is 4.89 Å². The minimum atomic E-state index is -0.476. The first-order valence-corrected chi connectivity index (χ1v) is 16.4. The number of hydrogen-bond acceptors (Lipinski definition) is 5. The van der Waals surface area contributed by atoms with Gasteiger partial charge >= 0.3 is 5.97 Å². The van der Waals surface area contributed by atoms with Gasteiger partial charge in [0.2, 0.25) is 0 Å². The normalized spacial score (nSPS) is 26.0. The van der Waals surface area contributed by atoms with E-state index in [0.717, 1.165) is 75.0 Å². The van der Waals surface area contributed by atoms with Crippen LogP contribution in [0.1, 0.15) is 144 Å². The lowest BCUT2D eigenvalue weighted by atomic mass is 9.74. The standard InChI is InChI=1S/C33H62O5/c1-6-7-8-9-10-11-12-13-31(32(38-35)24-27-14-16-28(17-15-27)25(2)3)33(34)37-23-22-36-30-20-18-29(19-21-30)26(4)5/h25-32,35H,6-24H2,1-5H3. The highest BCUT2D eigenvalue weighted by Gasteiger charge is 2.34. The highest BCUT2D eigenvalue weighted by molar-refractivity contribution is 5.73. The average Bonchev–Trinajstić information content (AvgIpc) is 2.92. The number of carbonyl (C=O) groups excluding carboxylic acids is 1. The smallest absolute Gasteiger partial charge is 0.311 e. The maximum absolute atomic E-state index is 13.2. The van der Waals surface area contributed by atoms with Crippen molar-refractivity contribution in [2.24, 2.45) is 35.5 Å². The second-order valence-corrected chi connectivity index (χ2v) is 13.2. The molecule has 2 aliphatic rings. The fourth-order valence-corrected chi connectivity index (χ4v) is 6.86. The van der Waals surface area contributed by atoms with Crippen molar-refractivity contribution in [3.63, 3.8) is 0 Å². The van der Waals surface area contributed by atoms with Crippen LogP contribution < -0.4 is 0 Å². The van der Waals surface area contributed by atoms with Crippen LogP contribution in [0.2, 0.25) is 0 Å². The molecule has 0 radical (unpaired) electrons. The Morgan fingerprint density at radius 3 is 1.87 bits per heavy atom. The Bertz CT molecular complexity index is 590. The molecule has 2 atom stereocenters. The lowest BCUT2D eigenvalue weighted by molar-refractivity contribution is -0.294. The van der Waals surface area contributed by atoms with Crippen LogP contribution in [0.5, 0.6) is 0 Å². The lowest BCUT2D eigenvalue weighted by Gasteiger charge is -2.33. The minimum absolute atomic E-state index is 0.224. The van der Waals surface area contributed by atoms with Crippen LogP contribution in [0.3, 0.4) is 0 Å². The van der Waals surface area contributed by atoms with Gasteiger partial charge in [0.1, 0.15) is 12.7 Å². The van der Waals surface area contributed by atoms with Gasteiger partial charge in [0.05, 0.1) is 18.6 Å². The van der Waals surface area contributed by atoms with Crippen LogP contribution in [0.4, 0.5) is 0 Å². The summed E-state index contributed by atoms with van der Waals surface area (Å²) >= 11 is 0. The van der Waals surface area contributed by atoms with Crippen LogP contribution in [0.15, 0.2) is 0 Å². The van der Waals surface area contributed by atoms with E-state index in [0.29, 0.717) is 18.6 Å². The maximum atomic E-state index is 13.2. The number of ether oxygens (including phenoxy) is 2. The number of esters is 1. The van der Waals surface area contributed by atoms with Crippen molar-refractivity contribution in [3.8, 4) is 0 Å². The van der Waals surface area contributed by atoms with E-state index in [9.17, 15) is 10.1 Å².